The Bertz CT molecular complexity index is 526. The van der Waals surface area contributed by atoms with Gasteiger partial charge in [-0.05, 0) is 57.8 Å². The summed E-state index contributed by atoms with van der Waals surface area (Å²) in [4.78, 5) is 19.0. The Hall–Kier alpha value is -1.66. The summed E-state index contributed by atoms with van der Waals surface area (Å²) in [6, 6.07) is 4.36. The van der Waals surface area contributed by atoms with E-state index in [1.807, 2.05) is 19.1 Å². The number of amides is 1. The lowest BCUT2D eigenvalue weighted by Gasteiger charge is -2.38. The van der Waals surface area contributed by atoms with Gasteiger partial charge in [-0.1, -0.05) is 0 Å². The fourth-order valence-corrected chi connectivity index (χ4v) is 3.66. The van der Waals surface area contributed by atoms with E-state index in [1.165, 1.54) is 0 Å². The number of piperidine rings is 1. The number of hydrogen-bond donors (Lipinski definition) is 1. The summed E-state index contributed by atoms with van der Waals surface area (Å²) >= 11 is 0. The van der Waals surface area contributed by atoms with Crippen LogP contribution in [-0.4, -0.2) is 60.8 Å². The first kappa shape index (κ1) is 18.1. The van der Waals surface area contributed by atoms with Gasteiger partial charge in [-0.3, -0.25) is 9.78 Å². The molecule has 1 atom stereocenters. The minimum atomic E-state index is -0.0736. The van der Waals surface area contributed by atoms with Crippen molar-refractivity contribution in [3.8, 4) is 5.75 Å². The molecular weight excluding hydrogens is 318 g/mol. The fraction of sp³-hybridized carbons (Fsp3) is 0.684. The summed E-state index contributed by atoms with van der Waals surface area (Å²) in [7, 11) is 0. The highest BCUT2D eigenvalue weighted by Gasteiger charge is 2.29. The van der Waals surface area contributed by atoms with Crippen molar-refractivity contribution in [1.29, 1.82) is 0 Å². The van der Waals surface area contributed by atoms with Gasteiger partial charge in [-0.25, -0.2) is 0 Å². The van der Waals surface area contributed by atoms with Crippen LogP contribution >= 0.6 is 0 Å². The molecule has 1 aromatic rings. The second-order valence-electron chi connectivity index (χ2n) is 7.02. The van der Waals surface area contributed by atoms with E-state index in [0.717, 1.165) is 57.7 Å². The fourth-order valence-electron chi connectivity index (χ4n) is 3.66. The van der Waals surface area contributed by atoms with Gasteiger partial charge in [0.25, 0.3) is 0 Å². The third-order valence-corrected chi connectivity index (χ3v) is 5.14. The van der Waals surface area contributed by atoms with Crippen LogP contribution in [0.5, 0.6) is 5.75 Å². The zero-order chi connectivity index (χ0) is 17.5. The summed E-state index contributed by atoms with van der Waals surface area (Å²) in [6.45, 7) is 6.27. The molecule has 0 saturated carbocycles. The highest BCUT2D eigenvalue weighted by Crippen LogP contribution is 2.23. The van der Waals surface area contributed by atoms with Gasteiger partial charge < -0.3 is 19.7 Å². The Labute approximate surface area is 149 Å². The van der Waals surface area contributed by atoms with Crippen LogP contribution in [-0.2, 0) is 9.53 Å². The second kappa shape index (κ2) is 9.15. The van der Waals surface area contributed by atoms with E-state index < -0.39 is 0 Å². The van der Waals surface area contributed by atoms with E-state index in [4.69, 9.17) is 9.47 Å². The standard InChI is InChI=1S/C19H29N3O3/c1-15(25-18-3-2-8-20-14-18)13-21-19(23)16-4-9-22(10-5-16)17-6-11-24-12-7-17/h2-3,8,14-17H,4-7,9-13H2,1H3,(H,21,23)/t15-/m0/s1. The molecule has 6 nitrogen and oxygen atoms in total. The lowest BCUT2D eigenvalue weighted by Crippen LogP contribution is -2.47. The van der Waals surface area contributed by atoms with Gasteiger partial charge in [0.2, 0.25) is 5.91 Å². The smallest absolute Gasteiger partial charge is 0.223 e. The van der Waals surface area contributed by atoms with Crippen molar-refractivity contribution in [2.75, 3.05) is 32.8 Å². The van der Waals surface area contributed by atoms with E-state index in [0.29, 0.717) is 12.6 Å². The normalized spacial score (nSPS) is 21.6. The van der Waals surface area contributed by atoms with Crippen molar-refractivity contribution in [2.24, 2.45) is 5.92 Å². The van der Waals surface area contributed by atoms with Crippen LogP contribution in [0.3, 0.4) is 0 Å². The molecule has 3 heterocycles. The number of nitrogens with zero attached hydrogens (tertiary/aromatic N) is 2. The predicted octanol–water partition coefficient (Wildman–Crippen LogP) is 1.86. The predicted molar refractivity (Wildman–Crippen MR) is 95.5 cm³/mol. The molecule has 2 aliphatic rings. The number of carbonyl (C=O) groups is 1. The third-order valence-electron chi connectivity index (χ3n) is 5.14. The average molecular weight is 347 g/mol. The molecule has 6 heteroatoms. The van der Waals surface area contributed by atoms with Crippen molar-refractivity contribution < 1.29 is 14.3 Å². The summed E-state index contributed by atoms with van der Waals surface area (Å²) in [5.41, 5.74) is 0. The molecule has 0 unspecified atom stereocenters. The molecule has 0 bridgehead atoms. The Kier molecular flexibility index (Phi) is 6.64. The van der Waals surface area contributed by atoms with Gasteiger partial charge in [-0.15, -0.1) is 0 Å². The maximum atomic E-state index is 12.4. The molecule has 25 heavy (non-hydrogen) atoms. The van der Waals surface area contributed by atoms with Crippen LogP contribution in [0.2, 0.25) is 0 Å². The van der Waals surface area contributed by atoms with Crippen molar-refractivity contribution in [2.45, 2.75) is 44.8 Å². The summed E-state index contributed by atoms with van der Waals surface area (Å²) in [6.07, 6.45) is 7.47. The molecule has 1 amide bonds. The van der Waals surface area contributed by atoms with Gasteiger partial charge in [0.05, 0.1) is 12.7 Å². The first-order valence-electron chi connectivity index (χ1n) is 9.38. The van der Waals surface area contributed by atoms with Crippen molar-refractivity contribution in [3.63, 3.8) is 0 Å². The molecule has 138 valence electrons. The molecule has 0 radical (unpaired) electrons. The number of carbonyl (C=O) groups excluding carboxylic acids is 1. The summed E-state index contributed by atoms with van der Waals surface area (Å²) in [5, 5.41) is 3.04. The zero-order valence-electron chi connectivity index (χ0n) is 15.0. The first-order valence-corrected chi connectivity index (χ1v) is 9.38. The summed E-state index contributed by atoms with van der Waals surface area (Å²) in [5.74, 6) is 1.02. The van der Waals surface area contributed by atoms with Gasteiger partial charge >= 0.3 is 0 Å². The highest BCUT2D eigenvalue weighted by atomic mass is 16.5. The largest absolute Gasteiger partial charge is 0.487 e. The zero-order valence-corrected chi connectivity index (χ0v) is 15.0. The quantitative estimate of drug-likeness (QED) is 0.851. The van der Waals surface area contributed by atoms with E-state index in [1.54, 1.807) is 12.4 Å². The number of rotatable bonds is 6. The number of likely N-dealkylation sites (tertiary alicyclic amines) is 1. The minimum absolute atomic E-state index is 0.0736. The lowest BCUT2D eigenvalue weighted by atomic mass is 9.93. The van der Waals surface area contributed by atoms with E-state index in [9.17, 15) is 4.79 Å². The van der Waals surface area contributed by atoms with Crippen LogP contribution in [0, 0.1) is 5.92 Å². The molecule has 0 spiro atoms. The van der Waals surface area contributed by atoms with Gasteiger partial charge in [0.15, 0.2) is 0 Å². The number of aromatic nitrogens is 1. The number of pyridine rings is 1. The topological polar surface area (TPSA) is 63.7 Å². The second-order valence-corrected chi connectivity index (χ2v) is 7.02. The van der Waals surface area contributed by atoms with Crippen molar-refractivity contribution >= 4 is 5.91 Å². The van der Waals surface area contributed by atoms with Crippen LogP contribution in [0.25, 0.3) is 0 Å². The van der Waals surface area contributed by atoms with E-state index in [2.05, 4.69) is 15.2 Å². The number of nitrogens with one attached hydrogen (secondary N) is 1. The van der Waals surface area contributed by atoms with Crippen LogP contribution in [0.15, 0.2) is 24.5 Å². The molecule has 0 aliphatic carbocycles. The van der Waals surface area contributed by atoms with Crippen LogP contribution < -0.4 is 10.1 Å². The van der Waals surface area contributed by atoms with Crippen molar-refractivity contribution in [1.82, 2.24) is 15.2 Å². The third kappa shape index (κ3) is 5.41. The monoisotopic (exact) mass is 347 g/mol. The van der Waals surface area contributed by atoms with Gasteiger partial charge in [-0.2, -0.15) is 0 Å². The SMILES string of the molecule is C[C@@H](CNC(=O)C1CCN(C2CCOCC2)CC1)Oc1cccnc1. The Morgan fingerprint density at radius 2 is 2.12 bits per heavy atom. The van der Waals surface area contributed by atoms with Gasteiger partial charge in [0.1, 0.15) is 11.9 Å². The number of ether oxygens (including phenoxy) is 2. The molecule has 0 aromatic carbocycles. The summed E-state index contributed by atoms with van der Waals surface area (Å²) < 4.78 is 11.2. The molecule has 3 rings (SSSR count). The molecule has 2 aliphatic heterocycles. The van der Waals surface area contributed by atoms with Crippen LogP contribution in [0.4, 0.5) is 0 Å². The van der Waals surface area contributed by atoms with Crippen LogP contribution in [0.1, 0.15) is 32.6 Å². The molecular formula is C19H29N3O3. The Morgan fingerprint density at radius 3 is 2.80 bits per heavy atom. The highest BCUT2D eigenvalue weighted by molar-refractivity contribution is 5.78. The molecule has 1 aromatic heterocycles. The molecule has 2 saturated heterocycles. The average Bonchev–Trinajstić information content (AvgIpc) is 2.68. The minimum Gasteiger partial charge on any atom is -0.487 e. The Balaban J connectivity index is 1.36. The molecule has 2 fully saturated rings. The lowest BCUT2D eigenvalue weighted by molar-refractivity contribution is -0.127. The van der Waals surface area contributed by atoms with Gasteiger partial charge in [0, 0.05) is 31.4 Å². The van der Waals surface area contributed by atoms with E-state index >= 15 is 0 Å². The maximum absolute atomic E-state index is 12.4. The Morgan fingerprint density at radius 1 is 1.36 bits per heavy atom. The number of hydrogen-bond acceptors (Lipinski definition) is 5. The van der Waals surface area contributed by atoms with Crippen molar-refractivity contribution in [3.05, 3.63) is 24.5 Å². The maximum Gasteiger partial charge on any atom is 0.223 e. The molecule has 1 N–H and O–H groups in total. The first-order chi connectivity index (χ1) is 12.2. The van der Waals surface area contributed by atoms with E-state index in [-0.39, 0.29) is 17.9 Å².